The molecule has 0 bridgehead atoms. The summed E-state index contributed by atoms with van der Waals surface area (Å²) in [5, 5.41) is 9.89. The molecule has 9 heteroatoms. The molecule has 24 heavy (non-hydrogen) atoms. The van der Waals surface area contributed by atoms with Crippen molar-refractivity contribution in [2.45, 2.75) is 25.1 Å². The molecule has 1 atom stereocenters. The zero-order chi connectivity index (χ0) is 18.1. The summed E-state index contributed by atoms with van der Waals surface area (Å²) in [6, 6.07) is 3.87. The minimum Gasteiger partial charge on any atom is -0.497 e. The van der Waals surface area contributed by atoms with E-state index in [1.165, 1.54) is 32.2 Å². The van der Waals surface area contributed by atoms with Crippen molar-refractivity contribution in [1.82, 2.24) is 0 Å². The molecule has 1 unspecified atom stereocenters. The second-order valence-electron chi connectivity index (χ2n) is 4.84. The largest absolute Gasteiger partial charge is 0.497 e. The number of rotatable bonds is 6. The van der Waals surface area contributed by atoms with Crippen LogP contribution in [0.3, 0.4) is 0 Å². The van der Waals surface area contributed by atoms with E-state index in [-0.39, 0.29) is 11.0 Å². The van der Waals surface area contributed by atoms with Crippen molar-refractivity contribution in [3.8, 4) is 5.75 Å². The number of hydrogen-bond acceptors (Lipinski definition) is 5. The van der Waals surface area contributed by atoms with Gasteiger partial charge in [-0.15, -0.1) is 0 Å². The number of benzene rings is 1. The number of aliphatic hydroxyl groups is 1. The van der Waals surface area contributed by atoms with E-state index in [2.05, 4.69) is 4.74 Å². The van der Waals surface area contributed by atoms with E-state index in [0.29, 0.717) is 12.0 Å². The summed E-state index contributed by atoms with van der Waals surface area (Å²) in [4.78, 5) is 12.4. The van der Waals surface area contributed by atoms with Crippen LogP contribution in [0.25, 0.3) is 11.0 Å². The second-order valence-corrected chi connectivity index (χ2v) is 4.84. The molecule has 0 amide bonds. The molecule has 0 spiro atoms. The molecule has 0 fully saturated rings. The Kier molecular flexibility index (Phi) is 4.86. The fourth-order valence-corrected chi connectivity index (χ4v) is 2.18. The first-order chi connectivity index (χ1) is 11.2. The third kappa shape index (κ3) is 2.73. The van der Waals surface area contributed by atoms with E-state index < -0.39 is 35.7 Å². The molecule has 0 saturated carbocycles. The molecule has 2 rings (SSSR count). The topological polar surface area (TPSA) is 68.9 Å². The summed E-state index contributed by atoms with van der Waals surface area (Å²) < 4.78 is 67.5. The predicted octanol–water partition coefficient (Wildman–Crippen LogP) is 2.88. The van der Waals surface area contributed by atoms with Crippen molar-refractivity contribution in [2.24, 2.45) is 0 Å². The van der Waals surface area contributed by atoms with Gasteiger partial charge >= 0.3 is 12.3 Å². The monoisotopic (exact) mass is 350 g/mol. The van der Waals surface area contributed by atoms with Gasteiger partial charge < -0.3 is 19.0 Å². The number of halogens is 4. The Balaban J connectivity index is 2.72. The Labute approximate surface area is 133 Å². The average molecular weight is 350 g/mol. The number of methoxy groups -OCH3 is 1. The van der Waals surface area contributed by atoms with Gasteiger partial charge in [0.2, 0.25) is 5.43 Å². The maximum atomic E-state index is 13.8. The third-order valence-electron chi connectivity index (χ3n) is 3.43. The SMILES string of the molecule is CCOC(O)(c1coc2cc(OC)ccc2c1=O)C(F)(F)C(F)F. The summed E-state index contributed by atoms with van der Waals surface area (Å²) >= 11 is 0. The van der Waals surface area contributed by atoms with Crippen LogP contribution in [0.2, 0.25) is 0 Å². The molecule has 132 valence electrons. The molecular formula is C15H14F4O5. The van der Waals surface area contributed by atoms with Crippen LogP contribution in [0.4, 0.5) is 17.6 Å². The molecule has 0 radical (unpaired) electrons. The first-order valence-corrected chi connectivity index (χ1v) is 6.81. The van der Waals surface area contributed by atoms with E-state index >= 15 is 0 Å². The first-order valence-electron chi connectivity index (χ1n) is 6.81. The van der Waals surface area contributed by atoms with Gasteiger partial charge in [0.15, 0.2) is 0 Å². The highest BCUT2D eigenvalue weighted by Gasteiger charge is 2.63. The molecule has 0 aliphatic carbocycles. The smallest absolute Gasteiger partial charge is 0.364 e. The lowest BCUT2D eigenvalue weighted by molar-refractivity contribution is -0.357. The second kappa shape index (κ2) is 6.40. The molecule has 1 aromatic carbocycles. The van der Waals surface area contributed by atoms with Gasteiger partial charge in [-0.2, -0.15) is 8.78 Å². The lowest BCUT2D eigenvalue weighted by Crippen LogP contribution is -2.54. The van der Waals surface area contributed by atoms with Gasteiger partial charge in [0.05, 0.1) is 12.5 Å². The lowest BCUT2D eigenvalue weighted by Gasteiger charge is -2.34. The predicted molar refractivity (Wildman–Crippen MR) is 75.5 cm³/mol. The maximum absolute atomic E-state index is 13.8. The van der Waals surface area contributed by atoms with Crippen molar-refractivity contribution < 1.29 is 36.6 Å². The summed E-state index contributed by atoms with van der Waals surface area (Å²) in [6.45, 7) is 0.666. The van der Waals surface area contributed by atoms with Gasteiger partial charge in [-0.1, -0.05) is 0 Å². The first kappa shape index (κ1) is 18.2. The number of alkyl halides is 4. The Hall–Kier alpha value is -2.13. The standard InChI is InChI=1S/C15H14F4O5/c1-3-24-15(21,14(18,19)13(16)17)10-7-23-11-6-8(22-2)4-5-9(11)12(10)20/h4-7,13,21H,3H2,1-2H3. The molecule has 1 aromatic heterocycles. The average Bonchev–Trinajstić information content (AvgIpc) is 2.54. The third-order valence-corrected chi connectivity index (χ3v) is 3.43. The van der Waals surface area contributed by atoms with Gasteiger partial charge in [0.25, 0.3) is 5.79 Å². The Bertz CT molecular complexity index is 789. The molecule has 1 heterocycles. The molecule has 2 aromatic rings. The number of hydrogen-bond donors (Lipinski definition) is 1. The van der Waals surface area contributed by atoms with Crippen LogP contribution < -0.4 is 10.2 Å². The lowest BCUT2D eigenvalue weighted by atomic mass is 9.99. The zero-order valence-electron chi connectivity index (χ0n) is 12.7. The highest BCUT2D eigenvalue weighted by atomic mass is 19.3. The van der Waals surface area contributed by atoms with Gasteiger partial charge in [0.1, 0.15) is 23.2 Å². The molecule has 0 saturated heterocycles. The van der Waals surface area contributed by atoms with Crippen molar-refractivity contribution >= 4 is 11.0 Å². The Morgan fingerprint density at radius 2 is 2.00 bits per heavy atom. The van der Waals surface area contributed by atoms with Crippen LogP contribution in [-0.2, 0) is 10.5 Å². The molecule has 0 aliphatic rings. The summed E-state index contributed by atoms with van der Waals surface area (Å²) in [5.41, 5.74) is -2.26. The Morgan fingerprint density at radius 1 is 1.33 bits per heavy atom. The number of ether oxygens (including phenoxy) is 2. The van der Waals surface area contributed by atoms with Crippen LogP contribution in [0.1, 0.15) is 12.5 Å². The van der Waals surface area contributed by atoms with Gasteiger partial charge in [-0.25, -0.2) is 8.78 Å². The van der Waals surface area contributed by atoms with Crippen molar-refractivity contribution in [2.75, 3.05) is 13.7 Å². The molecule has 1 N–H and O–H groups in total. The van der Waals surface area contributed by atoms with E-state index in [1.54, 1.807) is 0 Å². The summed E-state index contributed by atoms with van der Waals surface area (Å²) in [5.74, 6) is -8.53. The highest BCUT2D eigenvalue weighted by molar-refractivity contribution is 5.78. The van der Waals surface area contributed by atoms with Crippen molar-refractivity contribution in [3.63, 3.8) is 0 Å². The van der Waals surface area contributed by atoms with Crippen molar-refractivity contribution in [1.29, 1.82) is 0 Å². The molecule has 0 aliphatic heterocycles. The van der Waals surface area contributed by atoms with Gasteiger partial charge in [-0.05, 0) is 19.1 Å². The normalized spacial score (nSPS) is 14.8. The van der Waals surface area contributed by atoms with Crippen LogP contribution in [0.5, 0.6) is 5.75 Å². The van der Waals surface area contributed by atoms with Gasteiger partial charge in [0, 0.05) is 12.7 Å². The van der Waals surface area contributed by atoms with Crippen LogP contribution in [0.15, 0.2) is 33.7 Å². The fraction of sp³-hybridized carbons (Fsp3) is 0.400. The van der Waals surface area contributed by atoms with Crippen LogP contribution in [-0.4, -0.2) is 31.2 Å². The fourth-order valence-electron chi connectivity index (χ4n) is 2.18. The Morgan fingerprint density at radius 3 is 2.54 bits per heavy atom. The van der Waals surface area contributed by atoms with Crippen LogP contribution in [0, 0.1) is 0 Å². The zero-order valence-corrected chi connectivity index (χ0v) is 12.7. The van der Waals surface area contributed by atoms with E-state index in [0.717, 1.165) is 0 Å². The van der Waals surface area contributed by atoms with Crippen molar-refractivity contribution in [3.05, 3.63) is 40.2 Å². The summed E-state index contributed by atoms with van der Waals surface area (Å²) in [6.07, 6.45) is -3.78. The van der Waals surface area contributed by atoms with Crippen LogP contribution >= 0.6 is 0 Å². The van der Waals surface area contributed by atoms with E-state index in [1.807, 2.05) is 0 Å². The quantitative estimate of drug-likeness (QED) is 0.641. The van der Waals surface area contributed by atoms with E-state index in [9.17, 15) is 27.5 Å². The molecular weight excluding hydrogens is 336 g/mol. The minimum atomic E-state index is -5.03. The highest BCUT2D eigenvalue weighted by Crippen LogP contribution is 2.42. The van der Waals surface area contributed by atoms with Gasteiger partial charge in [-0.3, -0.25) is 4.79 Å². The molecule has 5 nitrogen and oxygen atoms in total. The maximum Gasteiger partial charge on any atom is 0.364 e. The summed E-state index contributed by atoms with van der Waals surface area (Å²) in [7, 11) is 1.37. The minimum absolute atomic E-state index is 0.0256. The van der Waals surface area contributed by atoms with E-state index in [4.69, 9.17) is 9.15 Å². The number of fused-ring (bicyclic) bond motifs is 1.